The van der Waals surface area contributed by atoms with Crippen molar-refractivity contribution in [3.63, 3.8) is 0 Å². The van der Waals surface area contributed by atoms with Crippen molar-refractivity contribution in [2.75, 3.05) is 26.2 Å². The average molecular weight is 260 g/mol. The molecule has 0 aromatic heterocycles. The molecule has 0 atom stereocenters. The quantitative estimate of drug-likeness (QED) is 0.776. The maximum Gasteiger partial charge on any atom is 0.335 e. The third-order valence-electron chi connectivity index (χ3n) is 3.17. The molecule has 0 aliphatic carbocycles. The predicted molar refractivity (Wildman–Crippen MR) is 71.7 cm³/mol. The van der Waals surface area contributed by atoms with Gasteiger partial charge in [-0.15, -0.1) is 0 Å². The van der Waals surface area contributed by atoms with Gasteiger partial charge in [-0.25, -0.2) is 10.0 Å². The molecule has 1 aromatic rings. The Hall–Kier alpha value is -1.72. The van der Waals surface area contributed by atoms with Gasteiger partial charge in [-0.1, -0.05) is 30.3 Å². The Balaban J connectivity index is 1.88. The van der Waals surface area contributed by atoms with Crippen molar-refractivity contribution in [1.29, 1.82) is 0 Å². The van der Waals surface area contributed by atoms with Crippen LogP contribution in [0.15, 0.2) is 30.3 Å². The number of hydrogen-bond acceptors (Lipinski definition) is 4. The summed E-state index contributed by atoms with van der Waals surface area (Å²) >= 11 is 0. The van der Waals surface area contributed by atoms with Gasteiger partial charge in [0, 0.05) is 32.6 Å². The second-order valence-corrected chi connectivity index (χ2v) is 4.49. The van der Waals surface area contributed by atoms with Gasteiger partial charge in [0.05, 0.1) is 0 Å². The number of piperazine rings is 1. The average Bonchev–Trinajstić information content (AvgIpc) is 2.48. The van der Waals surface area contributed by atoms with Gasteiger partial charge in [-0.2, -0.15) is 0 Å². The van der Waals surface area contributed by atoms with Crippen LogP contribution in [0.3, 0.4) is 0 Å². The highest BCUT2D eigenvalue weighted by atomic mass is 16.2. The van der Waals surface area contributed by atoms with Gasteiger partial charge in [-0.05, 0) is 12.0 Å². The fourth-order valence-corrected chi connectivity index (χ4v) is 2.12. The van der Waals surface area contributed by atoms with E-state index in [0.29, 0.717) is 25.9 Å². The van der Waals surface area contributed by atoms with Gasteiger partial charge in [-0.3, -0.25) is 9.59 Å². The van der Waals surface area contributed by atoms with E-state index in [4.69, 9.17) is 0 Å². The molecular weight excluding hydrogens is 242 g/mol. The molecule has 1 fully saturated rings. The molecule has 1 saturated heterocycles. The molecule has 101 valence electrons. The lowest BCUT2D eigenvalue weighted by Crippen LogP contribution is -2.54. The Labute approximate surface area is 113 Å². The van der Waals surface area contributed by atoms with E-state index < -0.39 is 0 Å². The van der Waals surface area contributed by atoms with Crippen LogP contribution in [-0.4, -0.2) is 48.5 Å². The van der Waals surface area contributed by atoms with Gasteiger partial charge in [0.2, 0.25) is 5.91 Å². The first-order chi connectivity index (χ1) is 9.31. The molecule has 2 amide bonds. The first-order valence-corrected chi connectivity index (χ1v) is 6.51. The Kier molecular flexibility index (Phi) is 5.06. The third-order valence-corrected chi connectivity index (χ3v) is 3.17. The lowest BCUT2D eigenvalue weighted by Gasteiger charge is -2.32. The fourth-order valence-electron chi connectivity index (χ4n) is 2.12. The van der Waals surface area contributed by atoms with Crippen molar-refractivity contribution in [2.24, 2.45) is 0 Å². The summed E-state index contributed by atoms with van der Waals surface area (Å²) in [4.78, 5) is 23.0. The number of carbonyl (C=O) groups excluding carboxylic acids is 2. The SMILES string of the molecule is O=[C]N(C(=O)CCc1ccccc1)N1CCNCC1. The number of hydrazine groups is 1. The molecule has 19 heavy (non-hydrogen) atoms. The summed E-state index contributed by atoms with van der Waals surface area (Å²) in [5.41, 5.74) is 1.10. The number of rotatable bonds is 5. The molecule has 1 radical (unpaired) electrons. The van der Waals surface area contributed by atoms with Crippen molar-refractivity contribution in [3.05, 3.63) is 35.9 Å². The minimum Gasteiger partial charge on any atom is -0.314 e. The van der Waals surface area contributed by atoms with Crippen LogP contribution in [0, 0.1) is 0 Å². The highest BCUT2D eigenvalue weighted by Gasteiger charge is 2.22. The Morgan fingerprint density at radius 2 is 1.95 bits per heavy atom. The van der Waals surface area contributed by atoms with Crippen molar-refractivity contribution >= 4 is 12.3 Å². The normalized spacial score (nSPS) is 16.0. The van der Waals surface area contributed by atoms with Gasteiger partial charge in [0.25, 0.3) is 0 Å². The summed E-state index contributed by atoms with van der Waals surface area (Å²) in [6.45, 7) is 2.88. The zero-order valence-electron chi connectivity index (χ0n) is 10.8. The van der Waals surface area contributed by atoms with Crippen molar-refractivity contribution < 1.29 is 9.59 Å². The molecule has 1 heterocycles. The minimum atomic E-state index is -0.194. The van der Waals surface area contributed by atoms with E-state index in [0.717, 1.165) is 23.7 Å². The fraction of sp³-hybridized carbons (Fsp3) is 0.429. The molecule has 5 heteroatoms. The topological polar surface area (TPSA) is 52.7 Å². The molecule has 1 N–H and O–H groups in total. The van der Waals surface area contributed by atoms with Crippen molar-refractivity contribution in [1.82, 2.24) is 15.3 Å². The first kappa shape index (κ1) is 13.7. The van der Waals surface area contributed by atoms with Crippen LogP contribution in [0.5, 0.6) is 0 Å². The molecule has 2 rings (SSSR count). The standard InChI is InChI=1S/C14H18N3O2/c18-12-17(16-10-8-15-9-11-16)14(19)7-6-13-4-2-1-3-5-13/h1-5,15H,6-11H2. The van der Waals surface area contributed by atoms with Crippen LogP contribution in [0.1, 0.15) is 12.0 Å². The smallest absolute Gasteiger partial charge is 0.314 e. The van der Waals surface area contributed by atoms with Gasteiger partial charge in [0.15, 0.2) is 0 Å². The van der Waals surface area contributed by atoms with E-state index in [9.17, 15) is 9.59 Å². The summed E-state index contributed by atoms with van der Waals surface area (Å²) < 4.78 is 0. The molecule has 0 spiro atoms. The molecule has 5 nitrogen and oxygen atoms in total. The van der Waals surface area contributed by atoms with Crippen LogP contribution in [0.4, 0.5) is 0 Å². The Bertz CT molecular complexity index is 416. The summed E-state index contributed by atoms with van der Waals surface area (Å²) in [6.07, 6.45) is 2.71. The number of nitrogens with zero attached hydrogens (tertiary/aromatic N) is 2. The van der Waals surface area contributed by atoms with Gasteiger partial charge in [0.1, 0.15) is 0 Å². The molecule has 0 unspecified atom stereocenters. The van der Waals surface area contributed by atoms with E-state index in [1.54, 1.807) is 11.4 Å². The van der Waals surface area contributed by atoms with E-state index in [1.165, 1.54) is 0 Å². The number of hydrogen-bond donors (Lipinski definition) is 1. The predicted octanol–water partition coefficient (Wildman–Crippen LogP) is 0.335. The molecular formula is C14H18N3O2. The van der Waals surface area contributed by atoms with Crippen LogP contribution < -0.4 is 5.32 Å². The summed E-state index contributed by atoms with van der Waals surface area (Å²) in [5.74, 6) is -0.194. The number of carbonyl (C=O) groups is 1. The van der Waals surface area contributed by atoms with Crippen LogP contribution in [-0.2, 0) is 16.0 Å². The van der Waals surface area contributed by atoms with E-state index >= 15 is 0 Å². The summed E-state index contributed by atoms with van der Waals surface area (Å²) in [6, 6.07) is 9.79. The van der Waals surface area contributed by atoms with Crippen LogP contribution >= 0.6 is 0 Å². The van der Waals surface area contributed by atoms with Crippen LogP contribution in [0.2, 0.25) is 0 Å². The first-order valence-electron chi connectivity index (χ1n) is 6.51. The number of aryl methyl sites for hydroxylation is 1. The van der Waals surface area contributed by atoms with E-state index in [1.807, 2.05) is 30.3 Å². The third kappa shape index (κ3) is 3.87. The second kappa shape index (κ2) is 7.01. The number of benzene rings is 1. The number of amides is 2. The lowest BCUT2D eigenvalue weighted by molar-refractivity contribution is -0.140. The molecule has 0 bridgehead atoms. The van der Waals surface area contributed by atoms with E-state index in [2.05, 4.69) is 5.32 Å². The molecule has 1 aliphatic heterocycles. The zero-order valence-corrected chi connectivity index (χ0v) is 10.8. The van der Waals surface area contributed by atoms with Gasteiger partial charge < -0.3 is 5.32 Å². The lowest BCUT2D eigenvalue weighted by atomic mass is 10.1. The van der Waals surface area contributed by atoms with E-state index in [-0.39, 0.29) is 5.91 Å². The highest BCUT2D eigenvalue weighted by molar-refractivity contribution is 5.85. The Morgan fingerprint density at radius 3 is 2.58 bits per heavy atom. The Morgan fingerprint density at radius 1 is 1.26 bits per heavy atom. The van der Waals surface area contributed by atoms with Crippen molar-refractivity contribution in [2.45, 2.75) is 12.8 Å². The number of nitrogens with one attached hydrogen (secondary N) is 1. The molecule has 1 aromatic carbocycles. The summed E-state index contributed by atoms with van der Waals surface area (Å²) in [7, 11) is 0. The zero-order chi connectivity index (χ0) is 13.5. The maximum absolute atomic E-state index is 12.0. The van der Waals surface area contributed by atoms with Crippen molar-refractivity contribution in [3.8, 4) is 0 Å². The summed E-state index contributed by atoms with van der Waals surface area (Å²) in [5, 5.41) is 6.03. The van der Waals surface area contributed by atoms with Crippen LogP contribution in [0.25, 0.3) is 0 Å². The highest BCUT2D eigenvalue weighted by Crippen LogP contribution is 2.06. The maximum atomic E-state index is 12.0. The largest absolute Gasteiger partial charge is 0.335 e. The second-order valence-electron chi connectivity index (χ2n) is 4.49. The van der Waals surface area contributed by atoms with Gasteiger partial charge >= 0.3 is 6.41 Å². The monoisotopic (exact) mass is 260 g/mol. The molecule has 0 saturated carbocycles. The minimum absolute atomic E-state index is 0.194. The number of imide groups is 1. The molecule has 1 aliphatic rings.